The number of aromatic nitrogens is 4. The molecule has 2 aromatic heterocycles. The van der Waals surface area contributed by atoms with Crippen molar-refractivity contribution in [1.82, 2.24) is 25.1 Å². The summed E-state index contributed by atoms with van der Waals surface area (Å²) in [5.41, 5.74) is 2.73. The smallest absolute Gasteiger partial charge is 0.306 e. The van der Waals surface area contributed by atoms with E-state index in [2.05, 4.69) is 20.4 Å². The highest BCUT2D eigenvalue weighted by Crippen LogP contribution is 2.29. The molecule has 0 radical (unpaired) electrons. The van der Waals surface area contributed by atoms with Crippen LogP contribution < -0.4 is 10.1 Å². The number of carbonyl (C=O) groups is 2. The van der Waals surface area contributed by atoms with Gasteiger partial charge in [0.15, 0.2) is 0 Å². The molecule has 9 nitrogen and oxygen atoms in total. The van der Waals surface area contributed by atoms with E-state index in [1.165, 1.54) is 19.2 Å². The zero-order chi connectivity index (χ0) is 28.9. The second kappa shape index (κ2) is 12.6. The van der Waals surface area contributed by atoms with Crippen molar-refractivity contribution in [2.24, 2.45) is 5.92 Å². The summed E-state index contributed by atoms with van der Waals surface area (Å²) < 4.78 is 25.9. The first-order chi connectivity index (χ1) is 19.8. The largest absolute Gasteiger partial charge is 0.497 e. The van der Waals surface area contributed by atoms with Crippen LogP contribution in [0.3, 0.4) is 0 Å². The van der Waals surface area contributed by atoms with Gasteiger partial charge in [-0.2, -0.15) is 5.10 Å². The quantitative estimate of drug-likeness (QED) is 0.258. The Balaban J connectivity index is 1.30. The number of nitrogens with zero attached hydrogens (tertiary/aromatic N) is 4. The van der Waals surface area contributed by atoms with Crippen LogP contribution in [0.5, 0.6) is 5.75 Å². The van der Waals surface area contributed by atoms with Gasteiger partial charge in [-0.25, -0.2) is 4.39 Å². The van der Waals surface area contributed by atoms with Gasteiger partial charge in [-0.3, -0.25) is 24.2 Å². The number of nitrogens with one attached hydrogen (secondary N) is 1. The Hall–Kier alpha value is -4.05. The van der Waals surface area contributed by atoms with Crippen molar-refractivity contribution < 1.29 is 23.5 Å². The Labute approximate surface area is 242 Å². The van der Waals surface area contributed by atoms with E-state index in [0.717, 1.165) is 31.1 Å². The Morgan fingerprint density at radius 2 is 1.88 bits per heavy atom. The molecule has 11 heteroatoms. The summed E-state index contributed by atoms with van der Waals surface area (Å²) in [6.45, 7) is 2.46. The van der Waals surface area contributed by atoms with Crippen LogP contribution in [0.1, 0.15) is 55.1 Å². The summed E-state index contributed by atoms with van der Waals surface area (Å²) in [5, 5.41) is 8.81. The summed E-state index contributed by atoms with van der Waals surface area (Å²) >= 11 is 6.36. The molecule has 1 N–H and O–H groups in total. The number of methoxy groups -OCH3 is 1. The standard InChI is InChI=1S/C30H31ClFN5O4/c1-3-41-28(38)8-18-4-6-23(7-5-18)36-30(39)26-12-21(31)9-20-14-35-37(29(20)26)17-24-15-34-27(16-33-24)19-10-22(32)13-25(11-19)40-2/h9-16,18,23H,3-8,17H2,1-2H3,(H,36,39). The van der Waals surface area contributed by atoms with E-state index in [-0.39, 0.29) is 30.4 Å². The van der Waals surface area contributed by atoms with Crippen LogP contribution >= 0.6 is 11.6 Å². The van der Waals surface area contributed by atoms with Crippen LogP contribution in [0.15, 0.2) is 48.9 Å². The highest BCUT2D eigenvalue weighted by molar-refractivity contribution is 6.32. The Bertz CT molecular complexity index is 1550. The van der Waals surface area contributed by atoms with Gasteiger partial charge in [-0.1, -0.05) is 11.6 Å². The minimum Gasteiger partial charge on any atom is -0.497 e. The van der Waals surface area contributed by atoms with E-state index in [9.17, 15) is 14.0 Å². The number of hydrogen-bond donors (Lipinski definition) is 1. The summed E-state index contributed by atoms with van der Waals surface area (Å²) in [6, 6.07) is 7.78. The summed E-state index contributed by atoms with van der Waals surface area (Å²) in [6.07, 6.45) is 8.54. The van der Waals surface area contributed by atoms with E-state index in [1.54, 1.807) is 48.4 Å². The molecule has 2 heterocycles. The number of amides is 1. The highest BCUT2D eigenvalue weighted by Gasteiger charge is 2.26. The first kappa shape index (κ1) is 28.5. The number of fused-ring (bicyclic) bond motifs is 1. The molecule has 5 rings (SSSR count). The monoisotopic (exact) mass is 579 g/mol. The van der Waals surface area contributed by atoms with E-state index < -0.39 is 5.82 Å². The number of rotatable bonds is 9. The molecule has 0 unspecified atom stereocenters. The van der Waals surface area contributed by atoms with Gasteiger partial charge in [-0.15, -0.1) is 0 Å². The fourth-order valence-corrected chi connectivity index (χ4v) is 5.51. The van der Waals surface area contributed by atoms with Gasteiger partial charge in [0.1, 0.15) is 11.6 Å². The number of halogens is 2. The normalized spacial score (nSPS) is 16.9. The van der Waals surface area contributed by atoms with Crippen molar-refractivity contribution in [3.8, 4) is 17.0 Å². The van der Waals surface area contributed by atoms with Gasteiger partial charge in [0.2, 0.25) is 0 Å². The SMILES string of the molecule is CCOC(=O)CC1CCC(NC(=O)c2cc(Cl)cc3cnn(Cc4cnc(-c5cc(F)cc(OC)c5)cn4)c23)CC1. The molecule has 0 bridgehead atoms. The molecular weight excluding hydrogens is 549 g/mol. The minimum atomic E-state index is -0.428. The third-order valence-corrected chi connectivity index (χ3v) is 7.52. The zero-order valence-corrected chi connectivity index (χ0v) is 23.7. The zero-order valence-electron chi connectivity index (χ0n) is 22.9. The maximum Gasteiger partial charge on any atom is 0.306 e. The molecule has 2 aromatic carbocycles. The molecule has 1 saturated carbocycles. The minimum absolute atomic E-state index is 0.00575. The molecule has 4 aromatic rings. The molecule has 41 heavy (non-hydrogen) atoms. The Kier molecular flexibility index (Phi) is 8.78. The maximum atomic E-state index is 13.9. The van der Waals surface area contributed by atoms with Crippen molar-refractivity contribution >= 4 is 34.4 Å². The van der Waals surface area contributed by atoms with Crippen molar-refractivity contribution in [2.75, 3.05) is 13.7 Å². The summed E-state index contributed by atoms with van der Waals surface area (Å²) in [4.78, 5) is 34.2. The van der Waals surface area contributed by atoms with Crippen LogP contribution in [0.4, 0.5) is 4.39 Å². The average molecular weight is 580 g/mol. The van der Waals surface area contributed by atoms with E-state index in [4.69, 9.17) is 21.1 Å². The van der Waals surface area contributed by atoms with Crippen LogP contribution in [-0.2, 0) is 16.1 Å². The molecule has 1 aliphatic rings. The molecule has 0 aliphatic heterocycles. The molecular formula is C30H31ClFN5O4. The fraction of sp³-hybridized carbons (Fsp3) is 0.367. The van der Waals surface area contributed by atoms with Crippen molar-refractivity contribution in [3.05, 3.63) is 71.0 Å². The predicted octanol–water partition coefficient (Wildman–Crippen LogP) is 5.58. The van der Waals surface area contributed by atoms with Gasteiger partial charge in [0, 0.05) is 34.5 Å². The van der Waals surface area contributed by atoms with Crippen molar-refractivity contribution in [1.29, 1.82) is 0 Å². The second-order valence-corrected chi connectivity index (χ2v) is 10.6. The molecule has 0 spiro atoms. The third kappa shape index (κ3) is 6.82. The predicted molar refractivity (Wildman–Crippen MR) is 152 cm³/mol. The Morgan fingerprint density at radius 1 is 1.07 bits per heavy atom. The third-order valence-electron chi connectivity index (χ3n) is 7.31. The van der Waals surface area contributed by atoms with Crippen LogP contribution in [0, 0.1) is 11.7 Å². The molecule has 1 aliphatic carbocycles. The molecule has 1 fully saturated rings. The van der Waals surface area contributed by atoms with E-state index in [0.29, 0.717) is 51.8 Å². The first-order valence-electron chi connectivity index (χ1n) is 13.6. The Morgan fingerprint density at radius 3 is 2.59 bits per heavy atom. The fourth-order valence-electron chi connectivity index (χ4n) is 5.29. The van der Waals surface area contributed by atoms with Crippen LogP contribution in [-0.4, -0.2) is 51.4 Å². The number of esters is 1. The van der Waals surface area contributed by atoms with Gasteiger partial charge < -0.3 is 14.8 Å². The number of hydrogen-bond acceptors (Lipinski definition) is 7. The van der Waals surface area contributed by atoms with E-state index in [1.807, 2.05) is 0 Å². The second-order valence-electron chi connectivity index (χ2n) is 10.2. The number of carbonyl (C=O) groups excluding carboxylic acids is 2. The van der Waals surface area contributed by atoms with Crippen LogP contribution in [0.25, 0.3) is 22.2 Å². The molecule has 0 saturated heterocycles. The van der Waals surface area contributed by atoms with Crippen molar-refractivity contribution in [3.63, 3.8) is 0 Å². The lowest BCUT2D eigenvalue weighted by molar-refractivity contribution is -0.144. The molecule has 1 amide bonds. The lowest BCUT2D eigenvalue weighted by Gasteiger charge is -2.28. The lowest BCUT2D eigenvalue weighted by Crippen LogP contribution is -2.38. The summed E-state index contributed by atoms with van der Waals surface area (Å²) in [7, 11) is 1.47. The lowest BCUT2D eigenvalue weighted by atomic mass is 9.84. The highest BCUT2D eigenvalue weighted by atomic mass is 35.5. The van der Waals surface area contributed by atoms with Gasteiger partial charge in [0.25, 0.3) is 5.91 Å². The maximum absolute atomic E-state index is 13.9. The number of benzene rings is 2. The average Bonchev–Trinajstić information content (AvgIpc) is 3.35. The topological polar surface area (TPSA) is 108 Å². The van der Waals surface area contributed by atoms with Gasteiger partial charge >= 0.3 is 5.97 Å². The molecule has 0 atom stereocenters. The first-order valence-corrected chi connectivity index (χ1v) is 14.0. The van der Waals surface area contributed by atoms with E-state index >= 15 is 0 Å². The van der Waals surface area contributed by atoms with Crippen molar-refractivity contribution in [2.45, 2.75) is 51.6 Å². The summed E-state index contributed by atoms with van der Waals surface area (Å²) in [5.74, 6) is -0.153. The van der Waals surface area contributed by atoms with Crippen LogP contribution in [0.2, 0.25) is 5.02 Å². The van der Waals surface area contributed by atoms with Gasteiger partial charge in [0.05, 0.1) is 61.3 Å². The van der Waals surface area contributed by atoms with Gasteiger partial charge in [-0.05, 0) is 62.8 Å². The number of ether oxygens (including phenoxy) is 2. The molecule has 214 valence electrons.